The average Bonchev–Trinajstić information content (AvgIpc) is 2.34. The first-order valence-corrected chi connectivity index (χ1v) is 5.83. The van der Waals surface area contributed by atoms with Crippen LogP contribution in [0, 0.1) is 0 Å². The van der Waals surface area contributed by atoms with E-state index in [9.17, 15) is 4.79 Å². The molecule has 0 saturated heterocycles. The number of anilines is 1. The SMILES string of the molecule is CCCOc1nc(Cl)nc(NC(C)C(=O)OC)n1. The molecule has 1 aromatic rings. The number of methoxy groups -OCH3 is 1. The molecule has 0 saturated carbocycles. The maximum atomic E-state index is 11.2. The van der Waals surface area contributed by atoms with E-state index in [1.807, 2.05) is 6.92 Å². The van der Waals surface area contributed by atoms with Crippen molar-refractivity contribution < 1.29 is 14.3 Å². The Balaban J connectivity index is 2.76. The van der Waals surface area contributed by atoms with Crippen molar-refractivity contribution in [1.82, 2.24) is 15.0 Å². The van der Waals surface area contributed by atoms with Crippen molar-refractivity contribution in [1.29, 1.82) is 0 Å². The lowest BCUT2D eigenvalue weighted by atomic mass is 10.3. The number of halogens is 1. The van der Waals surface area contributed by atoms with E-state index in [2.05, 4.69) is 25.0 Å². The van der Waals surface area contributed by atoms with E-state index in [1.54, 1.807) is 6.92 Å². The number of nitrogens with one attached hydrogen (secondary N) is 1. The van der Waals surface area contributed by atoms with Gasteiger partial charge in [0, 0.05) is 0 Å². The molecule has 1 N–H and O–H groups in total. The molecule has 1 aromatic heterocycles. The molecule has 0 aliphatic carbocycles. The molecule has 1 rings (SSSR count). The monoisotopic (exact) mass is 274 g/mol. The van der Waals surface area contributed by atoms with Crippen molar-refractivity contribution in [2.45, 2.75) is 26.3 Å². The molecule has 0 aliphatic heterocycles. The molecule has 0 radical (unpaired) electrons. The number of carbonyl (C=O) groups excluding carboxylic acids is 1. The molecule has 7 nitrogen and oxygen atoms in total. The highest BCUT2D eigenvalue weighted by Gasteiger charge is 2.15. The number of aromatic nitrogens is 3. The zero-order valence-corrected chi connectivity index (χ0v) is 11.2. The molecule has 18 heavy (non-hydrogen) atoms. The molecule has 0 fully saturated rings. The minimum Gasteiger partial charge on any atom is -0.467 e. The Hall–Kier alpha value is -1.63. The van der Waals surface area contributed by atoms with Crippen LogP contribution in [-0.4, -0.2) is 40.7 Å². The second-order valence-corrected chi connectivity index (χ2v) is 3.79. The van der Waals surface area contributed by atoms with Crippen molar-refractivity contribution in [2.24, 2.45) is 0 Å². The molecule has 0 spiro atoms. The molecule has 100 valence electrons. The van der Waals surface area contributed by atoms with Crippen molar-refractivity contribution in [2.75, 3.05) is 19.0 Å². The lowest BCUT2D eigenvalue weighted by Gasteiger charge is -2.11. The number of rotatable bonds is 6. The quantitative estimate of drug-likeness (QED) is 0.782. The summed E-state index contributed by atoms with van der Waals surface area (Å²) in [7, 11) is 1.30. The maximum Gasteiger partial charge on any atom is 0.328 e. The molecule has 8 heteroatoms. The van der Waals surface area contributed by atoms with Crippen molar-refractivity contribution in [3.05, 3.63) is 5.28 Å². The molecule has 1 unspecified atom stereocenters. The van der Waals surface area contributed by atoms with Gasteiger partial charge in [-0.2, -0.15) is 15.0 Å². The van der Waals surface area contributed by atoms with Crippen LogP contribution in [0.25, 0.3) is 0 Å². The maximum absolute atomic E-state index is 11.2. The van der Waals surface area contributed by atoms with Gasteiger partial charge in [0.1, 0.15) is 6.04 Å². The largest absolute Gasteiger partial charge is 0.467 e. The Morgan fingerprint density at radius 1 is 1.44 bits per heavy atom. The van der Waals surface area contributed by atoms with E-state index in [1.165, 1.54) is 7.11 Å². The second kappa shape index (κ2) is 6.95. The van der Waals surface area contributed by atoms with Gasteiger partial charge in [-0.3, -0.25) is 0 Å². The Bertz CT molecular complexity index is 416. The highest BCUT2D eigenvalue weighted by Crippen LogP contribution is 2.12. The van der Waals surface area contributed by atoms with Crippen molar-refractivity contribution in [3.8, 4) is 6.01 Å². The number of nitrogens with zero attached hydrogens (tertiary/aromatic N) is 3. The van der Waals surface area contributed by atoms with E-state index in [-0.39, 0.29) is 17.2 Å². The third-order valence-corrected chi connectivity index (χ3v) is 2.09. The summed E-state index contributed by atoms with van der Waals surface area (Å²) in [5, 5.41) is 2.74. The van der Waals surface area contributed by atoms with Crippen LogP contribution >= 0.6 is 11.6 Å². The first-order valence-electron chi connectivity index (χ1n) is 5.45. The molecule has 0 aliphatic rings. The molecular weight excluding hydrogens is 260 g/mol. The van der Waals surface area contributed by atoms with Gasteiger partial charge in [-0.05, 0) is 24.9 Å². The molecule has 0 bridgehead atoms. The summed E-state index contributed by atoms with van der Waals surface area (Å²) >= 11 is 5.73. The predicted octanol–water partition coefficient (Wildman–Crippen LogP) is 1.29. The van der Waals surface area contributed by atoms with Gasteiger partial charge in [-0.1, -0.05) is 6.92 Å². The summed E-state index contributed by atoms with van der Waals surface area (Å²) in [6.07, 6.45) is 0.824. The van der Waals surface area contributed by atoms with Gasteiger partial charge in [0.15, 0.2) is 0 Å². The van der Waals surface area contributed by atoms with Crippen molar-refractivity contribution >= 4 is 23.5 Å². The molecule has 0 aromatic carbocycles. The van der Waals surface area contributed by atoms with Gasteiger partial charge in [-0.15, -0.1) is 0 Å². The minimum absolute atomic E-state index is 0.00401. The second-order valence-electron chi connectivity index (χ2n) is 3.45. The predicted molar refractivity (Wildman–Crippen MR) is 65.7 cm³/mol. The highest BCUT2D eigenvalue weighted by atomic mass is 35.5. The third kappa shape index (κ3) is 4.33. The minimum atomic E-state index is -0.590. The number of carbonyl (C=O) groups is 1. The molecule has 0 amide bonds. The highest BCUT2D eigenvalue weighted by molar-refractivity contribution is 6.28. The zero-order valence-electron chi connectivity index (χ0n) is 10.4. The van der Waals surface area contributed by atoms with Gasteiger partial charge in [0.05, 0.1) is 13.7 Å². The Kier molecular flexibility index (Phi) is 5.57. The van der Waals surface area contributed by atoms with Crippen LogP contribution in [-0.2, 0) is 9.53 Å². The van der Waals surface area contributed by atoms with Crippen LogP contribution in [0.5, 0.6) is 6.01 Å². The van der Waals surface area contributed by atoms with E-state index in [0.717, 1.165) is 6.42 Å². The van der Waals surface area contributed by atoms with Gasteiger partial charge in [0.2, 0.25) is 11.2 Å². The first-order chi connectivity index (χ1) is 8.56. The summed E-state index contributed by atoms with van der Waals surface area (Å²) in [5.74, 6) is -0.262. The smallest absolute Gasteiger partial charge is 0.328 e. The zero-order chi connectivity index (χ0) is 13.5. The number of hydrogen-bond donors (Lipinski definition) is 1. The van der Waals surface area contributed by atoms with Gasteiger partial charge >= 0.3 is 12.0 Å². The summed E-state index contributed by atoms with van der Waals surface area (Å²) < 4.78 is 9.81. The van der Waals surface area contributed by atoms with Crippen LogP contribution in [0.1, 0.15) is 20.3 Å². The number of hydrogen-bond acceptors (Lipinski definition) is 7. The molecule has 1 heterocycles. The summed E-state index contributed by atoms with van der Waals surface area (Å²) in [6, 6.07) is -0.469. The summed E-state index contributed by atoms with van der Waals surface area (Å²) in [4.78, 5) is 22.9. The van der Waals surface area contributed by atoms with Crippen LogP contribution in [0.3, 0.4) is 0 Å². The molecular formula is C10H15ClN4O3. The number of ether oxygens (including phenoxy) is 2. The van der Waals surface area contributed by atoms with Gasteiger partial charge in [-0.25, -0.2) is 4.79 Å². The van der Waals surface area contributed by atoms with Gasteiger partial charge in [0.25, 0.3) is 0 Å². The van der Waals surface area contributed by atoms with Crippen LogP contribution in [0.2, 0.25) is 5.28 Å². The fourth-order valence-electron chi connectivity index (χ4n) is 1.08. The normalized spacial score (nSPS) is 11.8. The van der Waals surface area contributed by atoms with E-state index in [4.69, 9.17) is 16.3 Å². The van der Waals surface area contributed by atoms with Crippen LogP contribution in [0.4, 0.5) is 5.95 Å². The lowest BCUT2D eigenvalue weighted by Crippen LogP contribution is -2.28. The number of esters is 1. The van der Waals surface area contributed by atoms with E-state index >= 15 is 0 Å². The first kappa shape index (κ1) is 14.4. The van der Waals surface area contributed by atoms with Crippen LogP contribution < -0.4 is 10.1 Å². The average molecular weight is 275 g/mol. The fraction of sp³-hybridized carbons (Fsp3) is 0.600. The standard InChI is InChI=1S/C10H15ClN4O3/c1-4-5-18-10-14-8(11)13-9(15-10)12-6(2)7(16)17-3/h6H,4-5H2,1-3H3,(H,12,13,14,15). The summed E-state index contributed by atoms with van der Waals surface area (Å²) in [6.45, 7) is 4.06. The van der Waals surface area contributed by atoms with E-state index in [0.29, 0.717) is 6.61 Å². The Morgan fingerprint density at radius 2 is 2.17 bits per heavy atom. The Labute approximate surface area is 110 Å². The van der Waals surface area contributed by atoms with E-state index < -0.39 is 12.0 Å². The van der Waals surface area contributed by atoms with Crippen molar-refractivity contribution in [3.63, 3.8) is 0 Å². The fourth-order valence-corrected chi connectivity index (χ4v) is 1.24. The summed E-state index contributed by atoms with van der Waals surface area (Å²) in [5.41, 5.74) is 0. The lowest BCUT2D eigenvalue weighted by molar-refractivity contribution is -0.141. The Morgan fingerprint density at radius 3 is 2.78 bits per heavy atom. The van der Waals surface area contributed by atoms with Gasteiger partial charge < -0.3 is 14.8 Å². The topological polar surface area (TPSA) is 86.2 Å². The van der Waals surface area contributed by atoms with Crippen LogP contribution in [0.15, 0.2) is 0 Å². The molecule has 1 atom stereocenters. The third-order valence-electron chi connectivity index (χ3n) is 1.92.